The van der Waals surface area contributed by atoms with Gasteiger partial charge in [0, 0.05) is 31.0 Å². The molecule has 0 aliphatic heterocycles. The van der Waals surface area contributed by atoms with Crippen LogP contribution in [0, 0.1) is 15.5 Å². The highest BCUT2D eigenvalue weighted by Crippen LogP contribution is 2.30. The first kappa shape index (κ1) is 16.2. The van der Waals surface area contributed by atoms with Crippen LogP contribution in [-0.4, -0.2) is 30.3 Å². The number of hydrogen-bond donors (Lipinski definition) is 2. The summed E-state index contributed by atoms with van der Waals surface area (Å²) in [5, 5.41) is 22.9. The van der Waals surface area contributed by atoms with Crippen LogP contribution in [0.1, 0.15) is 26.7 Å². The van der Waals surface area contributed by atoms with Crippen molar-refractivity contribution in [3.8, 4) is 5.75 Å². The summed E-state index contributed by atoms with van der Waals surface area (Å²) >= 11 is 0. The second-order valence-corrected chi connectivity index (χ2v) is 5.49. The smallest absolute Gasteiger partial charge is 0.311 e. The van der Waals surface area contributed by atoms with Gasteiger partial charge in [0.15, 0.2) is 5.75 Å². The fraction of sp³-hybridized carbons (Fsp3) is 0.571. The molecule has 0 heterocycles. The van der Waals surface area contributed by atoms with Gasteiger partial charge in [0.05, 0.1) is 12.0 Å². The summed E-state index contributed by atoms with van der Waals surface area (Å²) in [7, 11) is 1.41. The molecule has 2 N–H and O–H groups in total. The molecule has 0 saturated heterocycles. The molecular formula is C14H22N2O4. The molecule has 0 aliphatic rings. The number of methoxy groups -OCH3 is 1. The van der Waals surface area contributed by atoms with Gasteiger partial charge in [-0.25, -0.2) is 0 Å². The third-order valence-electron chi connectivity index (χ3n) is 3.16. The van der Waals surface area contributed by atoms with Crippen molar-refractivity contribution in [1.82, 2.24) is 0 Å². The number of nitro groups is 1. The predicted molar refractivity (Wildman–Crippen MR) is 78.2 cm³/mol. The van der Waals surface area contributed by atoms with Crippen LogP contribution < -0.4 is 10.1 Å². The van der Waals surface area contributed by atoms with Gasteiger partial charge in [0.2, 0.25) is 0 Å². The third-order valence-corrected chi connectivity index (χ3v) is 3.16. The molecule has 0 radical (unpaired) electrons. The Morgan fingerprint density at radius 3 is 2.70 bits per heavy atom. The van der Waals surface area contributed by atoms with Crippen molar-refractivity contribution in [3.63, 3.8) is 0 Å². The Bertz CT molecular complexity index is 460. The van der Waals surface area contributed by atoms with Crippen LogP contribution in [0.25, 0.3) is 0 Å². The van der Waals surface area contributed by atoms with E-state index in [0.29, 0.717) is 6.54 Å². The van der Waals surface area contributed by atoms with Gasteiger partial charge in [-0.2, -0.15) is 0 Å². The molecule has 0 atom stereocenters. The zero-order chi connectivity index (χ0) is 15.2. The molecule has 0 aromatic heterocycles. The summed E-state index contributed by atoms with van der Waals surface area (Å²) in [6.45, 7) is 5.12. The molecule has 1 rings (SSSR count). The first-order chi connectivity index (χ1) is 9.39. The van der Waals surface area contributed by atoms with Crippen LogP contribution in [0.2, 0.25) is 0 Å². The summed E-state index contributed by atoms with van der Waals surface area (Å²) in [4.78, 5) is 10.3. The second kappa shape index (κ2) is 7.09. The van der Waals surface area contributed by atoms with Gasteiger partial charge >= 0.3 is 5.69 Å². The van der Waals surface area contributed by atoms with Gasteiger partial charge in [0.1, 0.15) is 0 Å². The molecule has 6 nitrogen and oxygen atoms in total. The van der Waals surface area contributed by atoms with Gasteiger partial charge in [-0.3, -0.25) is 10.1 Å². The maximum Gasteiger partial charge on any atom is 0.311 e. The van der Waals surface area contributed by atoms with Crippen molar-refractivity contribution in [3.05, 3.63) is 28.3 Å². The van der Waals surface area contributed by atoms with Crippen molar-refractivity contribution in [2.45, 2.75) is 26.7 Å². The second-order valence-electron chi connectivity index (χ2n) is 5.49. The van der Waals surface area contributed by atoms with E-state index in [1.807, 2.05) is 0 Å². The first-order valence-electron chi connectivity index (χ1n) is 6.57. The van der Waals surface area contributed by atoms with E-state index in [0.717, 1.165) is 18.5 Å². The van der Waals surface area contributed by atoms with Crippen molar-refractivity contribution in [2.24, 2.45) is 5.41 Å². The topological polar surface area (TPSA) is 84.6 Å². The van der Waals surface area contributed by atoms with Gasteiger partial charge in [-0.05, 0) is 24.3 Å². The van der Waals surface area contributed by atoms with Crippen molar-refractivity contribution >= 4 is 11.4 Å². The number of aliphatic hydroxyl groups excluding tert-OH is 1. The molecule has 1 aromatic rings. The third kappa shape index (κ3) is 4.70. The van der Waals surface area contributed by atoms with Crippen LogP contribution in [0.3, 0.4) is 0 Å². The number of nitrogens with zero attached hydrogens (tertiary/aromatic N) is 1. The van der Waals surface area contributed by atoms with Crippen molar-refractivity contribution in [2.75, 3.05) is 25.6 Å². The fourth-order valence-corrected chi connectivity index (χ4v) is 1.93. The molecule has 0 fully saturated rings. The molecular weight excluding hydrogens is 260 g/mol. The Kier molecular flexibility index (Phi) is 5.76. The predicted octanol–water partition coefficient (Wildman–Crippen LogP) is 2.81. The zero-order valence-corrected chi connectivity index (χ0v) is 12.2. The number of aliphatic hydroxyl groups is 1. The minimum absolute atomic E-state index is 0.0394. The Balaban J connectivity index is 2.71. The van der Waals surface area contributed by atoms with Crippen molar-refractivity contribution in [1.29, 1.82) is 0 Å². The number of benzene rings is 1. The highest BCUT2D eigenvalue weighted by molar-refractivity contribution is 5.58. The Morgan fingerprint density at radius 2 is 2.15 bits per heavy atom. The highest BCUT2D eigenvalue weighted by atomic mass is 16.6. The number of ether oxygens (including phenoxy) is 1. The van der Waals surface area contributed by atoms with Gasteiger partial charge in [0.25, 0.3) is 0 Å². The average Bonchev–Trinajstić information content (AvgIpc) is 2.42. The molecule has 112 valence electrons. The van der Waals surface area contributed by atoms with Gasteiger partial charge in [-0.1, -0.05) is 13.8 Å². The standard InChI is InChI=1S/C14H22N2O4/c1-14(2,7-4-8-17)10-15-11-5-6-12(16(18)19)13(9-11)20-3/h5-6,9,15,17H,4,7-8,10H2,1-3H3. The van der Waals surface area contributed by atoms with E-state index in [-0.39, 0.29) is 23.5 Å². The SMILES string of the molecule is COc1cc(NCC(C)(C)CCCO)ccc1[N+](=O)[O-]. The van der Waals surface area contributed by atoms with Crippen molar-refractivity contribution < 1.29 is 14.8 Å². The highest BCUT2D eigenvalue weighted by Gasteiger charge is 2.18. The minimum atomic E-state index is -0.464. The Labute approximate surface area is 118 Å². The van der Waals surface area contributed by atoms with E-state index in [9.17, 15) is 10.1 Å². The average molecular weight is 282 g/mol. The van der Waals surface area contributed by atoms with E-state index in [1.165, 1.54) is 13.2 Å². The molecule has 20 heavy (non-hydrogen) atoms. The number of nitrogens with one attached hydrogen (secondary N) is 1. The molecule has 0 saturated carbocycles. The summed E-state index contributed by atoms with van der Waals surface area (Å²) in [6, 6.07) is 4.73. The molecule has 0 unspecified atom stereocenters. The van der Waals surface area contributed by atoms with E-state index < -0.39 is 4.92 Å². The number of nitro benzene ring substituents is 1. The summed E-state index contributed by atoms with van der Waals surface area (Å²) < 4.78 is 5.03. The summed E-state index contributed by atoms with van der Waals surface area (Å²) in [5.41, 5.74) is 0.777. The molecule has 0 aliphatic carbocycles. The van der Waals surface area contributed by atoms with Gasteiger partial charge < -0.3 is 15.2 Å². The lowest BCUT2D eigenvalue weighted by molar-refractivity contribution is -0.385. The lowest BCUT2D eigenvalue weighted by Gasteiger charge is -2.25. The maximum atomic E-state index is 10.8. The van der Waals surface area contributed by atoms with E-state index >= 15 is 0 Å². The quantitative estimate of drug-likeness (QED) is 0.565. The lowest BCUT2D eigenvalue weighted by Crippen LogP contribution is -2.23. The normalized spacial score (nSPS) is 11.2. The monoisotopic (exact) mass is 282 g/mol. The van der Waals surface area contributed by atoms with Crippen LogP contribution in [0.15, 0.2) is 18.2 Å². The first-order valence-corrected chi connectivity index (χ1v) is 6.57. The van der Waals surface area contributed by atoms with Crippen LogP contribution in [0.5, 0.6) is 5.75 Å². The van der Waals surface area contributed by atoms with Crippen LogP contribution in [0.4, 0.5) is 11.4 Å². The number of rotatable bonds is 8. The Hall–Kier alpha value is -1.82. The zero-order valence-electron chi connectivity index (χ0n) is 12.2. The fourth-order valence-electron chi connectivity index (χ4n) is 1.93. The van der Waals surface area contributed by atoms with Gasteiger partial charge in [-0.15, -0.1) is 0 Å². The van der Waals surface area contributed by atoms with E-state index in [1.54, 1.807) is 12.1 Å². The van der Waals surface area contributed by atoms with E-state index in [2.05, 4.69) is 19.2 Å². The molecule has 0 amide bonds. The maximum absolute atomic E-state index is 10.8. The molecule has 6 heteroatoms. The largest absolute Gasteiger partial charge is 0.490 e. The lowest BCUT2D eigenvalue weighted by atomic mass is 9.88. The molecule has 0 bridgehead atoms. The minimum Gasteiger partial charge on any atom is -0.490 e. The van der Waals surface area contributed by atoms with Crippen LogP contribution >= 0.6 is 0 Å². The summed E-state index contributed by atoms with van der Waals surface area (Å²) in [6.07, 6.45) is 1.67. The molecule has 0 spiro atoms. The Morgan fingerprint density at radius 1 is 1.45 bits per heavy atom. The number of hydrogen-bond acceptors (Lipinski definition) is 5. The molecule has 1 aromatic carbocycles. The number of anilines is 1. The van der Waals surface area contributed by atoms with Crippen LogP contribution in [-0.2, 0) is 0 Å². The summed E-state index contributed by atoms with van der Waals surface area (Å²) in [5.74, 6) is 0.244. The van der Waals surface area contributed by atoms with E-state index in [4.69, 9.17) is 9.84 Å².